The average molecular weight is 212 g/mol. The van der Waals surface area contributed by atoms with Gasteiger partial charge in [0.2, 0.25) is 0 Å². The van der Waals surface area contributed by atoms with Gasteiger partial charge in [0, 0.05) is 26.5 Å². The van der Waals surface area contributed by atoms with Crippen molar-refractivity contribution in [3.8, 4) is 0 Å². The Bertz CT molecular complexity index is 286. The highest BCUT2D eigenvalue weighted by Gasteiger charge is 1.96. The van der Waals surface area contributed by atoms with Gasteiger partial charge in [0.25, 0.3) is 0 Å². The maximum Gasteiger partial charge on any atom is 0.169 e. The van der Waals surface area contributed by atoms with E-state index in [9.17, 15) is 4.79 Å². The third-order valence-corrected chi connectivity index (χ3v) is 1.91. The number of aryl methyl sites for hydroxylation is 1. The SMILES string of the molecule is COCCOCCCn1cnc(C=O)c1. The fraction of sp³-hybridized carbons (Fsp3) is 0.600. The summed E-state index contributed by atoms with van der Waals surface area (Å²) in [5.41, 5.74) is 0.468. The molecule has 0 amide bonds. The molecular weight excluding hydrogens is 196 g/mol. The Balaban J connectivity index is 2.07. The van der Waals surface area contributed by atoms with Crippen LogP contribution in [0.15, 0.2) is 12.5 Å². The standard InChI is InChI=1S/C10H16N2O3/c1-14-5-6-15-4-2-3-12-7-10(8-13)11-9-12/h7-9H,2-6H2,1H3. The number of aromatic nitrogens is 2. The van der Waals surface area contributed by atoms with E-state index in [4.69, 9.17) is 9.47 Å². The molecule has 15 heavy (non-hydrogen) atoms. The van der Waals surface area contributed by atoms with Crippen molar-refractivity contribution >= 4 is 6.29 Å². The van der Waals surface area contributed by atoms with Crippen molar-refractivity contribution in [3.63, 3.8) is 0 Å². The van der Waals surface area contributed by atoms with Gasteiger partial charge in [-0.1, -0.05) is 0 Å². The van der Waals surface area contributed by atoms with Crippen molar-refractivity contribution in [2.75, 3.05) is 26.9 Å². The molecule has 0 aromatic carbocycles. The van der Waals surface area contributed by atoms with Crippen LogP contribution < -0.4 is 0 Å². The van der Waals surface area contributed by atoms with Crippen LogP contribution in [0.1, 0.15) is 16.9 Å². The first-order valence-corrected chi connectivity index (χ1v) is 4.90. The Morgan fingerprint density at radius 1 is 1.47 bits per heavy atom. The van der Waals surface area contributed by atoms with Crippen molar-refractivity contribution < 1.29 is 14.3 Å². The molecule has 0 aliphatic heterocycles. The van der Waals surface area contributed by atoms with Gasteiger partial charge >= 0.3 is 0 Å². The van der Waals surface area contributed by atoms with Gasteiger partial charge < -0.3 is 14.0 Å². The number of carbonyl (C=O) groups is 1. The quantitative estimate of drug-likeness (QED) is 0.471. The van der Waals surface area contributed by atoms with Crippen LogP contribution in [0.5, 0.6) is 0 Å². The molecule has 5 heteroatoms. The summed E-state index contributed by atoms with van der Waals surface area (Å²) in [6.45, 7) is 2.76. The minimum Gasteiger partial charge on any atom is -0.382 e. The summed E-state index contributed by atoms with van der Waals surface area (Å²) in [5, 5.41) is 0. The van der Waals surface area contributed by atoms with Gasteiger partial charge in [-0.05, 0) is 6.42 Å². The Morgan fingerprint density at radius 2 is 2.33 bits per heavy atom. The summed E-state index contributed by atoms with van der Waals surface area (Å²) in [6, 6.07) is 0. The first kappa shape index (κ1) is 11.9. The molecule has 0 N–H and O–H groups in total. The molecule has 0 aliphatic rings. The van der Waals surface area contributed by atoms with E-state index in [0.29, 0.717) is 25.5 Å². The molecule has 0 fully saturated rings. The molecule has 0 saturated heterocycles. The zero-order valence-electron chi connectivity index (χ0n) is 8.89. The molecule has 84 valence electrons. The fourth-order valence-corrected chi connectivity index (χ4v) is 1.15. The fourth-order valence-electron chi connectivity index (χ4n) is 1.15. The molecule has 0 bridgehead atoms. The summed E-state index contributed by atoms with van der Waals surface area (Å²) in [7, 11) is 1.65. The van der Waals surface area contributed by atoms with E-state index in [1.807, 2.05) is 4.57 Å². The second-order valence-electron chi connectivity index (χ2n) is 3.11. The number of rotatable bonds is 8. The molecule has 0 aliphatic carbocycles. The monoisotopic (exact) mass is 212 g/mol. The van der Waals surface area contributed by atoms with Crippen LogP contribution >= 0.6 is 0 Å². The predicted octanol–water partition coefficient (Wildman–Crippen LogP) is 0.749. The van der Waals surface area contributed by atoms with Crippen LogP contribution in [-0.4, -0.2) is 42.8 Å². The lowest BCUT2D eigenvalue weighted by Gasteiger charge is -2.03. The van der Waals surface area contributed by atoms with Crippen molar-refractivity contribution in [2.24, 2.45) is 0 Å². The van der Waals surface area contributed by atoms with Crippen LogP contribution in [0.25, 0.3) is 0 Å². The number of carbonyl (C=O) groups excluding carboxylic acids is 1. The smallest absolute Gasteiger partial charge is 0.169 e. The number of imidazole rings is 1. The molecular formula is C10H16N2O3. The second-order valence-corrected chi connectivity index (χ2v) is 3.11. The predicted molar refractivity (Wildman–Crippen MR) is 54.9 cm³/mol. The van der Waals surface area contributed by atoms with Gasteiger partial charge in [-0.25, -0.2) is 4.98 Å². The van der Waals surface area contributed by atoms with E-state index in [2.05, 4.69) is 4.98 Å². The molecule has 1 aromatic heterocycles. The van der Waals surface area contributed by atoms with Gasteiger partial charge in [0.1, 0.15) is 5.69 Å². The number of aldehydes is 1. The Labute approximate surface area is 89.0 Å². The third-order valence-electron chi connectivity index (χ3n) is 1.91. The van der Waals surface area contributed by atoms with Gasteiger partial charge in [0.05, 0.1) is 19.5 Å². The van der Waals surface area contributed by atoms with E-state index in [0.717, 1.165) is 19.3 Å². The highest BCUT2D eigenvalue weighted by atomic mass is 16.5. The number of hydrogen-bond acceptors (Lipinski definition) is 4. The molecule has 0 radical (unpaired) electrons. The van der Waals surface area contributed by atoms with Crippen LogP contribution in [0.2, 0.25) is 0 Å². The van der Waals surface area contributed by atoms with Gasteiger partial charge in [-0.3, -0.25) is 4.79 Å². The Kier molecular flexibility index (Phi) is 5.65. The molecule has 1 aromatic rings. The molecule has 1 heterocycles. The topological polar surface area (TPSA) is 53.4 Å². The first-order valence-electron chi connectivity index (χ1n) is 4.90. The normalized spacial score (nSPS) is 10.5. The molecule has 0 spiro atoms. The van der Waals surface area contributed by atoms with E-state index in [1.165, 1.54) is 0 Å². The summed E-state index contributed by atoms with van der Waals surface area (Å²) in [4.78, 5) is 14.3. The second kappa shape index (κ2) is 7.14. The van der Waals surface area contributed by atoms with Crippen molar-refractivity contribution in [3.05, 3.63) is 18.2 Å². The summed E-state index contributed by atoms with van der Waals surface area (Å²) in [5.74, 6) is 0. The zero-order valence-corrected chi connectivity index (χ0v) is 8.89. The molecule has 1 rings (SSSR count). The summed E-state index contributed by atoms with van der Waals surface area (Å²) in [6.07, 6.45) is 5.02. The molecule has 0 saturated carbocycles. The van der Waals surface area contributed by atoms with Gasteiger partial charge in [0.15, 0.2) is 6.29 Å². The minimum atomic E-state index is 0.468. The van der Waals surface area contributed by atoms with Gasteiger partial charge in [-0.15, -0.1) is 0 Å². The summed E-state index contributed by atoms with van der Waals surface area (Å²) >= 11 is 0. The number of nitrogens with zero attached hydrogens (tertiary/aromatic N) is 2. The van der Waals surface area contributed by atoms with E-state index in [-0.39, 0.29) is 0 Å². The maximum absolute atomic E-state index is 10.4. The third kappa shape index (κ3) is 4.71. The lowest BCUT2D eigenvalue weighted by Crippen LogP contribution is -2.05. The summed E-state index contributed by atoms with van der Waals surface area (Å²) < 4.78 is 12.0. The van der Waals surface area contributed by atoms with Crippen LogP contribution in [0.3, 0.4) is 0 Å². The number of methoxy groups -OCH3 is 1. The largest absolute Gasteiger partial charge is 0.382 e. The first-order chi connectivity index (χ1) is 7.36. The van der Waals surface area contributed by atoms with Crippen LogP contribution in [0.4, 0.5) is 0 Å². The van der Waals surface area contributed by atoms with E-state index >= 15 is 0 Å². The lowest BCUT2D eigenvalue weighted by molar-refractivity contribution is 0.0680. The average Bonchev–Trinajstić information content (AvgIpc) is 2.71. The maximum atomic E-state index is 10.4. The van der Waals surface area contributed by atoms with Crippen molar-refractivity contribution in [1.29, 1.82) is 0 Å². The molecule has 0 unspecified atom stereocenters. The highest BCUT2D eigenvalue weighted by Crippen LogP contribution is 1.95. The molecule has 5 nitrogen and oxygen atoms in total. The van der Waals surface area contributed by atoms with Crippen molar-refractivity contribution in [1.82, 2.24) is 9.55 Å². The van der Waals surface area contributed by atoms with E-state index in [1.54, 1.807) is 19.6 Å². The van der Waals surface area contributed by atoms with Gasteiger partial charge in [-0.2, -0.15) is 0 Å². The zero-order chi connectivity index (χ0) is 10.9. The van der Waals surface area contributed by atoms with E-state index < -0.39 is 0 Å². The molecule has 0 atom stereocenters. The Morgan fingerprint density at radius 3 is 3.00 bits per heavy atom. The number of hydrogen-bond donors (Lipinski definition) is 0. The van der Waals surface area contributed by atoms with Crippen molar-refractivity contribution in [2.45, 2.75) is 13.0 Å². The van der Waals surface area contributed by atoms with Crippen LogP contribution in [-0.2, 0) is 16.0 Å². The van der Waals surface area contributed by atoms with Crippen LogP contribution in [0, 0.1) is 0 Å². The Hall–Kier alpha value is -1.20. The lowest BCUT2D eigenvalue weighted by atomic mass is 10.4. The highest BCUT2D eigenvalue weighted by molar-refractivity contribution is 5.70. The number of ether oxygens (including phenoxy) is 2. The minimum absolute atomic E-state index is 0.468.